The smallest absolute Gasteiger partial charge is 0.314 e. The summed E-state index contributed by atoms with van der Waals surface area (Å²) in [4.78, 5) is 24.4. The predicted octanol–water partition coefficient (Wildman–Crippen LogP) is 1.77. The van der Waals surface area contributed by atoms with Crippen LogP contribution in [0.3, 0.4) is 0 Å². The molecule has 0 saturated heterocycles. The van der Waals surface area contributed by atoms with E-state index in [-0.39, 0.29) is 0 Å². The molecule has 0 saturated carbocycles. The molecule has 6 heteroatoms. The summed E-state index contributed by atoms with van der Waals surface area (Å²) in [5.41, 5.74) is -0.608. The van der Waals surface area contributed by atoms with E-state index in [1.165, 1.54) is 11.0 Å². The maximum atomic E-state index is 13.3. The summed E-state index contributed by atoms with van der Waals surface area (Å²) < 4.78 is 26.5. The molecule has 98 valence electrons. The Bertz CT molecular complexity index is 439. The molecule has 1 rings (SSSR count). The Morgan fingerprint density at radius 1 is 1.17 bits per heavy atom. The summed E-state index contributed by atoms with van der Waals surface area (Å²) in [5.74, 6) is -3.71. The fourth-order valence-electron chi connectivity index (χ4n) is 1.44. The summed E-state index contributed by atoms with van der Waals surface area (Å²) in [6.45, 7) is 4.11. The van der Waals surface area contributed by atoms with E-state index in [9.17, 15) is 18.4 Å². The summed E-state index contributed by atoms with van der Waals surface area (Å²) in [6, 6.07) is 3.17. The number of para-hydroxylation sites is 1. The van der Waals surface area contributed by atoms with Crippen molar-refractivity contribution in [3.8, 4) is 0 Å². The molecule has 0 aromatic heterocycles. The fraction of sp³-hybridized carbons (Fsp3) is 0.333. The van der Waals surface area contributed by atoms with E-state index in [1.54, 1.807) is 13.8 Å². The zero-order chi connectivity index (χ0) is 13.7. The number of benzene rings is 1. The van der Waals surface area contributed by atoms with E-state index in [0.717, 1.165) is 12.1 Å². The third-order valence-corrected chi connectivity index (χ3v) is 2.45. The maximum absolute atomic E-state index is 13.3. The minimum absolute atomic E-state index is 0.350. The SMILES string of the molecule is CCN(CC)C(=O)C(=O)Nc1c(F)cccc1F. The summed E-state index contributed by atoms with van der Waals surface area (Å²) in [6.07, 6.45) is 0. The molecule has 4 nitrogen and oxygen atoms in total. The van der Waals surface area contributed by atoms with E-state index >= 15 is 0 Å². The van der Waals surface area contributed by atoms with Gasteiger partial charge in [0.25, 0.3) is 0 Å². The quantitative estimate of drug-likeness (QED) is 0.838. The molecule has 0 fully saturated rings. The van der Waals surface area contributed by atoms with Crippen LogP contribution in [0.5, 0.6) is 0 Å². The first-order valence-corrected chi connectivity index (χ1v) is 5.55. The highest BCUT2D eigenvalue weighted by Gasteiger charge is 2.21. The first-order valence-electron chi connectivity index (χ1n) is 5.55. The number of rotatable bonds is 3. The Morgan fingerprint density at radius 3 is 2.11 bits per heavy atom. The van der Waals surface area contributed by atoms with Crippen LogP contribution in [0.15, 0.2) is 18.2 Å². The number of hydrogen-bond acceptors (Lipinski definition) is 2. The maximum Gasteiger partial charge on any atom is 0.314 e. The molecule has 1 aromatic rings. The van der Waals surface area contributed by atoms with Crippen LogP contribution in [0.4, 0.5) is 14.5 Å². The van der Waals surface area contributed by atoms with Crippen LogP contribution >= 0.6 is 0 Å². The lowest BCUT2D eigenvalue weighted by atomic mass is 10.3. The summed E-state index contributed by atoms with van der Waals surface area (Å²) in [5, 5.41) is 1.95. The van der Waals surface area contributed by atoms with Gasteiger partial charge in [-0.15, -0.1) is 0 Å². The van der Waals surface area contributed by atoms with Crippen LogP contribution in [0, 0.1) is 11.6 Å². The Labute approximate surface area is 104 Å². The van der Waals surface area contributed by atoms with Crippen molar-refractivity contribution in [1.29, 1.82) is 0 Å². The zero-order valence-electron chi connectivity index (χ0n) is 10.2. The van der Waals surface area contributed by atoms with Crippen LogP contribution in [0.1, 0.15) is 13.8 Å². The summed E-state index contributed by atoms with van der Waals surface area (Å²) >= 11 is 0. The first-order chi connectivity index (χ1) is 8.51. The second kappa shape index (κ2) is 6.09. The minimum Gasteiger partial charge on any atom is -0.335 e. The number of anilines is 1. The van der Waals surface area contributed by atoms with Gasteiger partial charge in [0.05, 0.1) is 0 Å². The van der Waals surface area contributed by atoms with Crippen molar-refractivity contribution in [3.63, 3.8) is 0 Å². The third-order valence-electron chi connectivity index (χ3n) is 2.45. The molecule has 1 aromatic carbocycles. The molecule has 18 heavy (non-hydrogen) atoms. The topological polar surface area (TPSA) is 49.4 Å². The number of halogens is 2. The van der Waals surface area contributed by atoms with Crippen LogP contribution in [0.25, 0.3) is 0 Å². The molecule has 0 aliphatic heterocycles. The summed E-state index contributed by atoms with van der Waals surface area (Å²) in [7, 11) is 0. The van der Waals surface area contributed by atoms with Crippen molar-refractivity contribution in [2.75, 3.05) is 18.4 Å². The fourth-order valence-corrected chi connectivity index (χ4v) is 1.44. The van der Waals surface area contributed by atoms with Gasteiger partial charge in [-0.05, 0) is 26.0 Å². The molecule has 0 unspecified atom stereocenters. The zero-order valence-corrected chi connectivity index (χ0v) is 10.2. The standard InChI is InChI=1S/C12H14F2N2O2/c1-3-16(4-2)12(18)11(17)15-10-8(13)6-5-7-9(10)14/h5-7H,3-4H2,1-2H3,(H,15,17). The second-order valence-corrected chi connectivity index (χ2v) is 3.53. The number of amides is 2. The molecule has 0 bridgehead atoms. The molecule has 0 spiro atoms. The molecular weight excluding hydrogens is 242 g/mol. The lowest BCUT2D eigenvalue weighted by Gasteiger charge is -2.17. The van der Waals surface area contributed by atoms with Gasteiger partial charge in [-0.2, -0.15) is 0 Å². The number of nitrogens with one attached hydrogen (secondary N) is 1. The number of nitrogens with zero attached hydrogens (tertiary/aromatic N) is 1. The minimum atomic E-state index is -1.05. The second-order valence-electron chi connectivity index (χ2n) is 3.53. The lowest BCUT2D eigenvalue weighted by molar-refractivity contribution is -0.142. The van der Waals surface area contributed by atoms with Gasteiger partial charge in [0.2, 0.25) is 0 Å². The van der Waals surface area contributed by atoms with E-state index < -0.39 is 29.1 Å². The van der Waals surface area contributed by atoms with E-state index in [2.05, 4.69) is 0 Å². The first kappa shape index (κ1) is 14.1. The van der Waals surface area contributed by atoms with E-state index in [0.29, 0.717) is 13.1 Å². The number of likely N-dealkylation sites (N-methyl/N-ethyl adjacent to an activating group) is 1. The van der Waals surface area contributed by atoms with Crippen LogP contribution < -0.4 is 5.32 Å². The van der Waals surface area contributed by atoms with E-state index in [4.69, 9.17) is 0 Å². The van der Waals surface area contributed by atoms with Crippen molar-refractivity contribution in [3.05, 3.63) is 29.8 Å². The molecule has 0 heterocycles. The monoisotopic (exact) mass is 256 g/mol. The van der Waals surface area contributed by atoms with Gasteiger partial charge in [-0.3, -0.25) is 9.59 Å². The van der Waals surface area contributed by atoms with Crippen LogP contribution in [-0.2, 0) is 9.59 Å². The lowest BCUT2D eigenvalue weighted by Crippen LogP contribution is -2.39. The number of hydrogen-bond donors (Lipinski definition) is 1. The highest BCUT2D eigenvalue weighted by molar-refractivity contribution is 6.39. The Kier molecular flexibility index (Phi) is 4.76. The van der Waals surface area contributed by atoms with Crippen molar-refractivity contribution >= 4 is 17.5 Å². The normalized spacial score (nSPS) is 10.0. The van der Waals surface area contributed by atoms with Crippen LogP contribution in [0.2, 0.25) is 0 Å². The molecule has 0 radical (unpaired) electrons. The third kappa shape index (κ3) is 3.03. The van der Waals surface area contributed by atoms with E-state index in [1.807, 2.05) is 5.32 Å². The predicted molar refractivity (Wildman–Crippen MR) is 62.9 cm³/mol. The molecule has 1 N–H and O–H groups in total. The average molecular weight is 256 g/mol. The van der Waals surface area contributed by atoms with Gasteiger partial charge < -0.3 is 10.2 Å². The van der Waals surface area contributed by atoms with Crippen LogP contribution in [-0.4, -0.2) is 29.8 Å². The number of carbonyl (C=O) groups is 2. The Morgan fingerprint density at radius 2 is 1.67 bits per heavy atom. The number of carbonyl (C=O) groups excluding carboxylic acids is 2. The molecule has 0 aliphatic rings. The molecule has 0 aliphatic carbocycles. The van der Waals surface area contributed by atoms with Gasteiger partial charge in [-0.25, -0.2) is 8.78 Å². The van der Waals surface area contributed by atoms with Gasteiger partial charge >= 0.3 is 11.8 Å². The van der Waals surface area contributed by atoms with Gasteiger partial charge in [0, 0.05) is 13.1 Å². The molecule has 2 amide bonds. The van der Waals surface area contributed by atoms with Crippen molar-refractivity contribution in [2.45, 2.75) is 13.8 Å². The Hall–Kier alpha value is -1.98. The molecular formula is C12H14F2N2O2. The van der Waals surface area contributed by atoms with Crippen molar-refractivity contribution in [2.24, 2.45) is 0 Å². The Balaban J connectivity index is 2.85. The highest BCUT2D eigenvalue weighted by Crippen LogP contribution is 2.17. The van der Waals surface area contributed by atoms with Gasteiger partial charge in [-0.1, -0.05) is 6.07 Å². The van der Waals surface area contributed by atoms with Crippen molar-refractivity contribution in [1.82, 2.24) is 4.90 Å². The van der Waals surface area contributed by atoms with Gasteiger partial charge in [0.15, 0.2) is 0 Å². The molecule has 0 atom stereocenters. The van der Waals surface area contributed by atoms with Gasteiger partial charge in [0.1, 0.15) is 17.3 Å². The van der Waals surface area contributed by atoms with Crippen molar-refractivity contribution < 1.29 is 18.4 Å². The largest absolute Gasteiger partial charge is 0.335 e. The highest BCUT2D eigenvalue weighted by atomic mass is 19.1. The average Bonchev–Trinajstić information content (AvgIpc) is 2.35.